The first kappa shape index (κ1) is 19.7. The van der Waals surface area contributed by atoms with Crippen LogP contribution < -0.4 is 15.2 Å². The molecule has 1 atom stereocenters. The predicted octanol–water partition coefficient (Wildman–Crippen LogP) is 3.00. The van der Waals surface area contributed by atoms with Crippen LogP contribution in [0, 0.1) is 0 Å². The van der Waals surface area contributed by atoms with Crippen LogP contribution in [0.4, 0.5) is 0 Å². The molecule has 0 amide bonds. The number of aromatic amines is 1. The Morgan fingerprint density at radius 1 is 1.16 bits per heavy atom. The zero-order valence-electron chi connectivity index (χ0n) is 17.4. The van der Waals surface area contributed by atoms with Crippen molar-refractivity contribution < 1.29 is 19.0 Å². The fraction of sp³-hybridized carbons (Fsp3) is 0.391. The Kier molecular flexibility index (Phi) is 5.15. The minimum Gasteiger partial charge on any atom is -0.456 e. The van der Waals surface area contributed by atoms with Gasteiger partial charge in [-0.1, -0.05) is 18.2 Å². The molecule has 3 heterocycles. The Hall–Kier alpha value is -3.26. The van der Waals surface area contributed by atoms with Gasteiger partial charge >= 0.3 is 11.7 Å². The van der Waals surface area contributed by atoms with Crippen LogP contribution >= 0.6 is 0 Å². The van der Waals surface area contributed by atoms with Crippen molar-refractivity contribution in [1.29, 1.82) is 0 Å². The van der Waals surface area contributed by atoms with Crippen molar-refractivity contribution in [3.05, 3.63) is 58.5 Å². The molecule has 0 saturated carbocycles. The third-order valence-electron chi connectivity index (χ3n) is 6.05. The number of benzene rings is 2. The maximum absolute atomic E-state index is 12.5. The molecular formula is C23H25N3O5. The minimum atomic E-state index is -0.389. The number of H-pyrrole nitrogens is 1. The molecule has 2 aliphatic rings. The Morgan fingerprint density at radius 3 is 2.74 bits per heavy atom. The molecule has 0 aliphatic carbocycles. The SMILES string of the molecule is CC(=O)OC(CN1CCC(n2c(=O)[nH]c3ccccc32)CC1)c1ccc2c(c1)OCO2. The summed E-state index contributed by atoms with van der Waals surface area (Å²) in [5.74, 6) is 1.06. The van der Waals surface area contributed by atoms with Gasteiger partial charge in [0, 0.05) is 32.6 Å². The highest BCUT2D eigenvalue weighted by Crippen LogP contribution is 2.35. The highest BCUT2D eigenvalue weighted by Gasteiger charge is 2.27. The number of ether oxygens (including phenoxy) is 3. The van der Waals surface area contributed by atoms with Crippen LogP contribution in [0.15, 0.2) is 47.3 Å². The smallest absolute Gasteiger partial charge is 0.326 e. The number of imidazole rings is 1. The summed E-state index contributed by atoms with van der Waals surface area (Å²) in [7, 11) is 0. The van der Waals surface area contributed by atoms with Crippen molar-refractivity contribution in [3.8, 4) is 11.5 Å². The molecule has 2 aromatic carbocycles. The molecular weight excluding hydrogens is 398 g/mol. The molecule has 0 bridgehead atoms. The van der Waals surface area contributed by atoms with Crippen LogP contribution in [0.2, 0.25) is 0 Å². The molecule has 1 fully saturated rings. The summed E-state index contributed by atoms with van der Waals surface area (Å²) < 4.78 is 18.4. The van der Waals surface area contributed by atoms with E-state index in [1.54, 1.807) is 0 Å². The summed E-state index contributed by atoms with van der Waals surface area (Å²) in [6.07, 6.45) is 1.32. The van der Waals surface area contributed by atoms with E-state index in [1.165, 1.54) is 6.92 Å². The maximum Gasteiger partial charge on any atom is 0.326 e. The second kappa shape index (κ2) is 8.11. The number of piperidine rings is 1. The molecule has 2 aliphatic heterocycles. The van der Waals surface area contributed by atoms with Gasteiger partial charge in [0.25, 0.3) is 0 Å². The van der Waals surface area contributed by atoms with Crippen LogP contribution in [-0.2, 0) is 9.53 Å². The third-order valence-corrected chi connectivity index (χ3v) is 6.05. The summed E-state index contributed by atoms with van der Waals surface area (Å²) in [5, 5.41) is 0. The summed E-state index contributed by atoms with van der Waals surface area (Å²) in [6.45, 7) is 3.86. The molecule has 8 nitrogen and oxygen atoms in total. The van der Waals surface area contributed by atoms with Crippen LogP contribution in [0.5, 0.6) is 11.5 Å². The quantitative estimate of drug-likeness (QED) is 0.635. The maximum atomic E-state index is 12.5. The number of hydrogen-bond donors (Lipinski definition) is 1. The first-order valence-corrected chi connectivity index (χ1v) is 10.6. The molecule has 1 saturated heterocycles. The Morgan fingerprint density at radius 2 is 1.94 bits per heavy atom. The van der Waals surface area contributed by atoms with Crippen LogP contribution in [-0.4, -0.2) is 46.8 Å². The fourth-order valence-corrected chi connectivity index (χ4v) is 4.56. The normalized spacial score (nSPS) is 17.7. The Balaban J connectivity index is 1.29. The van der Waals surface area contributed by atoms with Gasteiger partial charge in [0.1, 0.15) is 6.10 Å². The Labute approximate surface area is 179 Å². The van der Waals surface area contributed by atoms with Crippen molar-refractivity contribution in [3.63, 3.8) is 0 Å². The molecule has 1 aromatic heterocycles. The second-order valence-electron chi connectivity index (χ2n) is 8.06. The highest BCUT2D eigenvalue weighted by atomic mass is 16.7. The molecule has 162 valence electrons. The van der Waals surface area contributed by atoms with Gasteiger partial charge in [0.15, 0.2) is 11.5 Å². The number of hydrogen-bond acceptors (Lipinski definition) is 6. The molecule has 0 radical (unpaired) electrons. The highest BCUT2D eigenvalue weighted by molar-refractivity contribution is 5.75. The number of rotatable bonds is 5. The first-order valence-electron chi connectivity index (χ1n) is 10.6. The number of esters is 1. The van der Waals surface area contributed by atoms with E-state index in [9.17, 15) is 9.59 Å². The van der Waals surface area contributed by atoms with E-state index < -0.39 is 0 Å². The second-order valence-corrected chi connectivity index (χ2v) is 8.06. The molecule has 31 heavy (non-hydrogen) atoms. The molecule has 8 heteroatoms. The van der Waals surface area contributed by atoms with Gasteiger partial charge in [-0.15, -0.1) is 0 Å². The molecule has 5 rings (SSSR count). The molecule has 1 N–H and O–H groups in total. The van der Waals surface area contributed by atoms with Gasteiger partial charge in [-0.05, 0) is 42.7 Å². The number of nitrogens with one attached hydrogen (secondary N) is 1. The summed E-state index contributed by atoms with van der Waals surface area (Å²) in [6, 6.07) is 13.6. The number of nitrogens with zero attached hydrogens (tertiary/aromatic N) is 2. The van der Waals surface area contributed by atoms with Gasteiger partial charge in [-0.2, -0.15) is 0 Å². The number of para-hydroxylation sites is 2. The van der Waals surface area contributed by atoms with Crippen LogP contribution in [0.3, 0.4) is 0 Å². The van der Waals surface area contributed by atoms with E-state index in [1.807, 2.05) is 47.0 Å². The Bertz CT molecular complexity index is 1160. The van der Waals surface area contributed by atoms with E-state index in [-0.39, 0.29) is 30.6 Å². The van der Waals surface area contributed by atoms with E-state index in [2.05, 4.69) is 9.88 Å². The zero-order valence-corrected chi connectivity index (χ0v) is 17.4. The zero-order chi connectivity index (χ0) is 21.4. The largest absolute Gasteiger partial charge is 0.456 e. The van der Waals surface area contributed by atoms with Crippen molar-refractivity contribution in [1.82, 2.24) is 14.5 Å². The van der Waals surface area contributed by atoms with Crippen molar-refractivity contribution >= 4 is 17.0 Å². The molecule has 0 spiro atoms. The van der Waals surface area contributed by atoms with Gasteiger partial charge in [0.05, 0.1) is 11.0 Å². The predicted molar refractivity (Wildman–Crippen MR) is 114 cm³/mol. The van der Waals surface area contributed by atoms with E-state index in [0.29, 0.717) is 18.0 Å². The lowest BCUT2D eigenvalue weighted by molar-refractivity contribution is -0.147. The molecule has 1 unspecified atom stereocenters. The van der Waals surface area contributed by atoms with Crippen molar-refractivity contribution in [2.75, 3.05) is 26.4 Å². The lowest BCUT2D eigenvalue weighted by Gasteiger charge is -2.34. The van der Waals surface area contributed by atoms with Gasteiger partial charge in [0.2, 0.25) is 6.79 Å². The molecule has 3 aromatic rings. The summed E-state index contributed by atoms with van der Waals surface area (Å²) in [4.78, 5) is 29.5. The number of carbonyl (C=O) groups excluding carboxylic acids is 1. The van der Waals surface area contributed by atoms with Crippen LogP contribution in [0.25, 0.3) is 11.0 Å². The topological polar surface area (TPSA) is 85.8 Å². The number of aromatic nitrogens is 2. The first-order chi connectivity index (χ1) is 15.1. The summed E-state index contributed by atoms with van der Waals surface area (Å²) >= 11 is 0. The van der Waals surface area contributed by atoms with Gasteiger partial charge in [-0.25, -0.2) is 4.79 Å². The number of likely N-dealkylation sites (tertiary alicyclic amines) is 1. The van der Waals surface area contributed by atoms with Gasteiger partial charge in [-0.3, -0.25) is 14.3 Å². The number of carbonyl (C=O) groups is 1. The monoisotopic (exact) mass is 423 g/mol. The van der Waals surface area contributed by atoms with E-state index in [0.717, 1.165) is 42.5 Å². The van der Waals surface area contributed by atoms with E-state index in [4.69, 9.17) is 14.2 Å². The van der Waals surface area contributed by atoms with Crippen molar-refractivity contribution in [2.24, 2.45) is 0 Å². The van der Waals surface area contributed by atoms with Crippen LogP contribution in [0.1, 0.15) is 37.5 Å². The average molecular weight is 423 g/mol. The summed E-state index contributed by atoms with van der Waals surface area (Å²) in [5.41, 5.74) is 2.64. The lowest BCUT2D eigenvalue weighted by Crippen LogP contribution is -2.39. The lowest BCUT2D eigenvalue weighted by atomic mass is 10.0. The van der Waals surface area contributed by atoms with E-state index >= 15 is 0 Å². The standard InChI is InChI=1S/C23H25N3O5/c1-15(27)31-22(16-6-7-20-21(12-16)30-14-29-20)13-25-10-8-17(9-11-25)26-19-5-3-2-4-18(19)24-23(26)28/h2-7,12,17,22H,8-11,13-14H2,1H3,(H,24,28). The van der Waals surface area contributed by atoms with Crippen molar-refractivity contribution in [2.45, 2.75) is 31.9 Å². The third kappa shape index (κ3) is 3.90. The minimum absolute atomic E-state index is 0.0576. The average Bonchev–Trinajstić information content (AvgIpc) is 3.36. The fourth-order valence-electron chi connectivity index (χ4n) is 4.56. The number of fused-ring (bicyclic) bond motifs is 2. The van der Waals surface area contributed by atoms with Gasteiger partial charge < -0.3 is 19.2 Å².